The number of nitrogen functional groups attached to an aromatic ring is 1. The second kappa shape index (κ2) is 10.5. The molecule has 1 aliphatic heterocycles. The summed E-state index contributed by atoms with van der Waals surface area (Å²) >= 11 is 6.09. The quantitative estimate of drug-likeness (QED) is 0.205. The highest BCUT2D eigenvalue weighted by Gasteiger charge is 2.56. The number of fused-ring (bicyclic) bond motifs is 2. The number of aromatic amines is 1. The first-order valence-electron chi connectivity index (χ1n) is 13.2. The number of benzene rings is 2. The Kier molecular flexibility index (Phi) is 6.98. The summed E-state index contributed by atoms with van der Waals surface area (Å²) in [7, 11) is 0. The maximum atomic E-state index is 13.7. The van der Waals surface area contributed by atoms with E-state index in [4.69, 9.17) is 17.3 Å². The van der Waals surface area contributed by atoms with Crippen LogP contribution >= 0.6 is 11.6 Å². The number of anilines is 2. The number of aromatic nitrogens is 8. The Morgan fingerprint density at radius 3 is 2.48 bits per heavy atom. The lowest BCUT2D eigenvalue weighted by atomic mass is 9.77. The van der Waals surface area contributed by atoms with Crippen molar-refractivity contribution in [3.63, 3.8) is 0 Å². The molecule has 2 aromatic carbocycles. The standard InChI is InChI=1S/C27H22ClF5N10O/c1-25(14-5-2-13(3-6-14)4-9-18-38-41-42-39-18)19-21(34)35-23(36-22(19)37-24(25)44)20-16-8-7-15(28)12-17(16)43(40-20)11-10-26(29,30)27(31,32)33/h2-3,5-8,12H,4,9-11H2,1H3,(H,38,39,41,42)(H3,34,35,36,37,44)/t25-/m0/s1. The van der Waals surface area contributed by atoms with Gasteiger partial charge in [-0.05, 0) is 42.7 Å². The van der Waals surface area contributed by atoms with Crippen molar-refractivity contribution < 1.29 is 26.7 Å². The van der Waals surface area contributed by atoms with Gasteiger partial charge >= 0.3 is 12.1 Å². The van der Waals surface area contributed by atoms with Crippen LogP contribution in [-0.2, 0) is 29.6 Å². The van der Waals surface area contributed by atoms with Gasteiger partial charge in [-0.2, -0.15) is 32.3 Å². The first kappa shape index (κ1) is 29.3. The Morgan fingerprint density at radius 2 is 1.80 bits per heavy atom. The molecule has 0 fully saturated rings. The molecular formula is C27H22ClF5N10O. The lowest BCUT2D eigenvalue weighted by Crippen LogP contribution is -2.37. The van der Waals surface area contributed by atoms with Crippen LogP contribution in [0.5, 0.6) is 0 Å². The Bertz CT molecular complexity index is 1880. The molecule has 0 unspecified atom stereocenters. The van der Waals surface area contributed by atoms with Crippen LogP contribution in [0.3, 0.4) is 0 Å². The fraction of sp³-hybridized carbons (Fsp3) is 0.296. The Morgan fingerprint density at radius 1 is 1.05 bits per heavy atom. The van der Waals surface area contributed by atoms with Crippen LogP contribution in [-0.4, -0.2) is 58.4 Å². The third kappa shape index (κ3) is 4.98. The lowest BCUT2D eigenvalue weighted by Gasteiger charge is -2.23. The molecule has 0 radical (unpaired) electrons. The zero-order valence-corrected chi connectivity index (χ0v) is 23.5. The van der Waals surface area contributed by atoms with Crippen molar-refractivity contribution >= 4 is 40.0 Å². The van der Waals surface area contributed by atoms with E-state index in [1.54, 1.807) is 6.92 Å². The average molecular weight is 633 g/mol. The minimum atomic E-state index is -5.71. The number of amides is 1. The fourth-order valence-corrected chi connectivity index (χ4v) is 5.38. The van der Waals surface area contributed by atoms with E-state index < -0.39 is 36.4 Å². The number of carbonyl (C=O) groups excluding carboxylic acids is 1. The van der Waals surface area contributed by atoms with Gasteiger partial charge in [0.25, 0.3) is 0 Å². The number of rotatable bonds is 8. The molecule has 11 nitrogen and oxygen atoms in total. The zero-order valence-electron chi connectivity index (χ0n) is 22.8. The lowest BCUT2D eigenvalue weighted by molar-refractivity contribution is -0.285. The van der Waals surface area contributed by atoms with Crippen molar-refractivity contribution in [3.05, 3.63) is 70.0 Å². The SMILES string of the molecule is C[C@@]1(c2ccc(CCc3nn[nH]n3)cc2)C(=O)Nc2nc(-c3nn(CCC(F)(F)C(F)(F)F)c4cc(Cl)ccc34)nc(N)c21. The van der Waals surface area contributed by atoms with Gasteiger partial charge in [-0.1, -0.05) is 41.1 Å². The molecule has 5 aromatic rings. The van der Waals surface area contributed by atoms with E-state index in [1.807, 2.05) is 24.3 Å². The normalized spacial score (nSPS) is 16.8. The molecule has 0 spiro atoms. The maximum absolute atomic E-state index is 13.7. The summed E-state index contributed by atoms with van der Waals surface area (Å²) in [5.74, 6) is -4.72. The van der Waals surface area contributed by atoms with Gasteiger partial charge in [0.05, 0.1) is 11.1 Å². The highest BCUT2D eigenvalue weighted by molar-refractivity contribution is 6.31. The van der Waals surface area contributed by atoms with Crippen LogP contribution in [0.15, 0.2) is 42.5 Å². The topological polar surface area (TPSA) is 153 Å². The van der Waals surface area contributed by atoms with Gasteiger partial charge < -0.3 is 11.1 Å². The molecule has 4 heterocycles. The van der Waals surface area contributed by atoms with Gasteiger partial charge in [0, 0.05) is 29.8 Å². The number of aryl methyl sites for hydroxylation is 3. The largest absolute Gasteiger partial charge is 0.453 e. The van der Waals surface area contributed by atoms with Crippen molar-refractivity contribution in [1.29, 1.82) is 0 Å². The van der Waals surface area contributed by atoms with Crippen LogP contribution in [0, 0.1) is 0 Å². The highest BCUT2D eigenvalue weighted by Crippen LogP contribution is 2.45. The number of halogens is 6. The molecule has 1 amide bonds. The first-order chi connectivity index (χ1) is 20.8. The van der Waals surface area contributed by atoms with Crippen molar-refractivity contribution in [3.8, 4) is 11.5 Å². The molecule has 0 aliphatic carbocycles. The van der Waals surface area contributed by atoms with Gasteiger partial charge in [0.2, 0.25) is 5.91 Å². The Hall–Kier alpha value is -4.73. The van der Waals surface area contributed by atoms with E-state index in [9.17, 15) is 26.7 Å². The predicted molar refractivity (Wildman–Crippen MR) is 149 cm³/mol. The van der Waals surface area contributed by atoms with E-state index >= 15 is 0 Å². The summed E-state index contributed by atoms with van der Waals surface area (Å²) < 4.78 is 66.8. The summed E-state index contributed by atoms with van der Waals surface area (Å²) in [6.07, 6.45) is -6.04. The summed E-state index contributed by atoms with van der Waals surface area (Å²) in [6.45, 7) is 0.915. The minimum Gasteiger partial charge on any atom is -0.383 e. The smallest absolute Gasteiger partial charge is 0.383 e. The molecular weight excluding hydrogens is 611 g/mol. The third-order valence-electron chi connectivity index (χ3n) is 7.66. The van der Waals surface area contributed by atoms with E-state index in [0.29, 0.717) is 35.2 Å². The number of alkyl halides is 5. The fourth-order valence-electron chi connectivity index (χ4n) is 5.21. The van der Waals surface area contributed by atoms with Crippen molar-refractivity contribution in [2.24, 2.45) is 0 Å². The molecule has 1 atom stereocenters. The second-order valence-electron chi connectivity index (χ2n) is 10.4. The number of hydrogen-bond acceptors (Lipinski definition) is 8. The van der Waals surface area contributed by atoms with Crippen molar-refractivity contribution in [2.45, 2.75) is 50.2 Å². The molecule has 44 heavy (non-hydrogen) atoms. The van der Waals surface area contributed by atoms with Crippen LogP contribution in [0.1, 0.15) is 35.9 Å². The monoisotopic (exact) mass is 632 g/mol. The van der Waals surface area contributed by atoms with Crippen LogP contribution in [0.25, 0.3) is 22.4 Å². The molecule has 6 rings (SSSR count). The molecule has 0 saturated heterocycles. The Labute approximate surface area is 250 Å². The van der Waals surface area contributed by atoms with Crippen LogP contribution < -0.4 is 11.1 Å². The van der Waals surface area contributed by atoms with Gasteiger partial charge in [0.1, 0.15) is 22.7 Å². The molecule has 228 valence electrons. The molecule has 0 bridgehead atoms. The van der Waals surface area contributed by atoms with E-state index in [2.05, 4.69) is 41.0 Å². The molecule has 17 heteroatoms. The Balaban J connectivity index is 1.34. The van der Waals surface area contributed by atoms with Gasteiger partial charge in [0.15, 0.2) is 11.6 Å². The van der Waals surface area contributed by atoms with Gasteiger partial charge in [-0.25, -0.2) is 9.97 Å². The summed E-state index contributed by atoms with van der Waals surface area (Å²) in [5, 5.41) is 21.4. The number of nitrogens with zero attached hydrogens (tertiary/aromatic N) is 7. The minimum absolute atomic E-state index is 0.0349. The van der Waals surface area contributed by atoms with E-state index in [1.165, 1.54) is 18.2 Å². The molecule has 1 aliphatic rings. The van der Waals surface area contributed by atoms with Crippen LogP contribution in [0.2, 0.25) is 5.02 Å². The van der Waals surface area contributed by atoms with Crippen molar-refractivity contribution in [1.82, 2.24) is 40.4 Å². The van der Waals surface area contributed by atoms with Crippen LogP contribution in [0.4, 0.5) is 33.6 Å². The van der Waals surface area contributed by atoms with Crippen molar-refractivity contribution in [2.75, 3.05) is 11.1 Å². The number of nitrogens with one attached hydrogen (secondary N) is 2. The predicted octanol–water partition coefficient (Wildman–Crippen LogP) is 4.87. The summed E-state index contributed by atoms with van der Waals surface area (Å²) in [4.78, 5) is 22.3. The maximum Gasteiger partial charge on any atom is 0.453 e. The van der Waals surface area contributed by atoms with E-state index in [-0.39, 0.29) is 33.7 Å². The number of H-pyrrole nitrogens is 1. The number of hydrogen-bond donors (Lipinski definition) is 3. The van der Waals surface area contributed by atoms with Gasteiger partial charge in [-0.15, -0.1) is 10.2 Å². The number of carbonyl (C=O) groups is 1. The second-order valence-corrected chi connectivity index (χ2v) is 10.9. The number of tetrazole rings is 1. The summed E-state index contributed by atoms with van der Waals surface area (Å²) in [6, 6.07) is 11.8. The average Bonchev–Trinajstić information content (AvgIpc) is 3.68. The van der Waals surface area contributed by atoms with Gasteiger partial charge in [-0.3, -0.25) is 9.48 Å². The first-order valence-corrected chi connectivity index (χ1v) is 13.6. The van der Waals surface area contributed by atoms with E-state index in [0.717, 1.165) is 10.2 Å². The molecule has 0 saturated carbocycles. The molecule has 4 N–H and O–H groups in total. The highest BCUT2D eigenvalue weighted by atomic mass is 35.5. The zero-order chi connectivity index (χ0) is 31.4. The molecule has 3 aromatic heterocycles. The summed E-state index contributed by atoms with van der Waals surface area (Å²) in [5.41, 5.74) is 7.38. The third-order valence-corrected chi connectivity index (χ3v) is 7.89. The number of nitrogens with two attached hydrogens (primary N) is 1.